The van der Waals surface area contributed by atoms with Gasteiger partial charge in [-0.2, -0.15) is 4.98 Å². The first-order chi connectivity index (χ1) is 9.66. The molecule has 0 aliphatic heterocycles. The number of aromatic nitrogens is 4. The largest absolute Gasteiger partial charge is 0.340 e. The lowest BCUT2D eigenvalue weighted by atomic mass is 10.3. The van der Waals surface area contributed by atoms with Crippen molar-refractivity contribution in [2.45, 2.75) is 25.3 Å². The molecule has 2 heterocycles. The first kappa shape index (κ1) is 13.4. The second-order valence-electron chi connectivity index (χ2n) is 4.43. The van der Waals surface area contributed by atoms with E-state index in [1.54, 1.807) is 0 Å². The summed E-state index contributed by atoms with van der Waals surface area (Å²) in [7, 11) is 0. The topological polar surface area (TPSA) is 56.7 Å². The van der Waals surface area contributed by atoms with Crippen LogP contribution < -0.4 is 0 Å². The van der Waals surface area contributed by atoms with Gasteiger partial charge in [-0.15, -0.1) is 11.6 Å². The third kappa shape index (κ3) is 2.39. The number of halogens is 2. The van der Waals surface area contributed by atoms with E-state index in [-0.39, 0.29) is 5.38 Å². The lowest BCUT2D eigenvalue weighted by Gasteiger charge is -2.09. The molecule has 2 aromatic heterocycles. The van der Waals surface area contributed by atoms with Gasteiger partial charge in [-0.05, 0) is 19.1 Å². The number of fused-ring (bicyclic) bond motifs is 1. The van der Waals surface area contributed by atoms with E-state index in [4.69, 9.17) is 27.7 Å². The van der Waals surface area contributed by atoms with E-state index in [0.717, 1.165) is 16.9 Å². The van der Waals surface area contributed by atoms with Crippen LogP contribution in [0.1, 0.15) is 24.0 Å². The summed E-state index contributed by atoms with van der Waals surface area (Å²) < 4.78 is 7.03. The first-order valence-electron chi connectivity index (χ1n) is 6.21. The average molecular weight is 311 g/mol. The zero-order chi connectivity index (χ0) is 14.1. The molecule has 0 saturated carbocycles. The number of benzene rings is 1. The quantitative estimate of drug-likeness (QED) is 0.691. The van der Waals surface area contributed by atoms with Crippen molar-refractivity contribution in [2.24, 2.45) is 0 Å². The van der Waals surface area contributed by atoms with Crippen LogP contribution in [-0.2, 0) is 13.0 Å². The minimum Gasteiger partial charge on any atom is -0.340 e. The molecular weight excluding hydrogens is 299 g/mol. The lowest BCUT2D eigenvalue weighted by molar-refractivity contribution is 0.371. The molecule has 0 spiro atoms. The zero-order valence-corrected chi connectivity index (χ0v) is 12.3. The maximum absolute atomic E-state index is 6.29. The van der Waals surface area contributed by atoms with Crippen molar-refractivity contribution >= 4 is 34.2 Å². The summed E-state index contributed by atoms with van der Waals surface area (Å²) in [6.07, 6.45) is 1.99. The van der Waals surface area contributed by atoms with Gasteiger partial charge in [0.2, 0.25) is 5.89 Å². The number of rotatable bonds is 4. The average Bonchev–Trinajstić information content (AvgIpc) is 3.03. The Balaban J connectivity index is 2.04. The Kier molecular flexibility index (Phi) is 3.63. The van der Waals surface area contributed by atoms with Crippen LogP contribution >= 0.6 is 23.2 Å². The summed E-state index contributed by atoms with van der Waals surface area (Å²) >= 11 is 12.5. The molecule has 0 amide bonds. The molecule has 1 unspecified atom stereocenters. The number of hydrogen-bond acceptors (Lipinski definition) is 4. The predicted octanol–water partition coefficient (Wildman–Crippen LogP) is 3.62. The highest BCUT2D eigenvalue weighted by atomic mass is 35.5. The SMILES string of the molecule is CC(Cl)c1nc2cccc(Cl)c2n1CCc1ncno1. The molecule has 7 heteroatoms. The summed E-state index contributed by atoms with van der Waals surface area (Å²) in [6, 6.07) is 5.65. The lowest BCUT2D eigenvalue weighted by Crippen LogP contribution is -2.07. The van der Waals surface area contributed by atoms with Gasteiger partial charge in [0.15, 0.2) is 6.33 Å². The van der Waals surface area contributed by atoms with Crippen molar-refractivity contribution in [2.75, 3.05) is 0 Å². The van der Waals surface area contributed by atoms with Crippen LogP contribution in [0.25, 0.3) is 11.0 Å². The Labute approximate surface area is 125 Å². The molecule has 0 aliphatic carbocycles. The molecule has 0 bridgehead atoms. The van der Waals surface area contributed by atoms with E-state index in [9.17, 15) is 0 Å². The first-order valence-corrected chi connectivity index (χ1v) is 7.02. The Bertz CT molecular complexity index is 721. The predicted molar refractivity (Wildman–Crippen MR) is 77.0 cm³/mol. The zero-order valence-electron chi connectivity index (χ0n) is 10.8. The Morgan fingerprint density at radius 1 is 1.40 bits per heavy atom. The van der Waals surface area contributed by atoms with Crippen molar-refractivity contribution in [1.82, 2.24) is 19.7 Å². The molecular formula is C13H12Cl2N4O. The van der Waals surface area contributed by atoms with E-state index < -0.39 is 0 Å². The van der Waals surface area contributed by atoms with Gasteiger partial charge < -0.3 is 9.09 Å². The highest BCUT2D eigenvalue weighted by molar-refractivity contribution is 6.35. The Morgan fingerprint density at radius 3 is 2.95 bits per heavy atom. The molecule has 1 aromatic carbocycles. The van der Waals surface area contributed by atoms with E-state index in [2.05, 4.69) is 15.1 Å². The van der Waals surface area contributed by atoms with Crippen LogP contribution in [0.2, 0.25) is 5.02 Å². The fourth-order valence-electron chi connectivity index (χ4n) is 2.20. The van der Waals surface area contributed by atoms with Crippen LogP contribution in [0.4, 0.5) is 0 Å². The summed E-state index contributed by atoms with van der Waals surface area (Å²) in [5, 5.41) is 4.05. The molecule has 0 saturated heterocycles. The molecule has 104 valence electrons. The molecule has 3 aromatic rings. The van der Waals surface area contributed by atoms with Gasteiger partial charge in [-0.1, -0.05) is 22.8 Å². The van der Waals surface area contributed by atoms with E-state index in [1.165, 1.54) is 6.33 Å². The highest BCUT2D eigenvalue weighted by Gasteiger charge is 2.17. The molecule has 0 radical (unpaired) electrons. The van der Waals surface area contributed by atoms with Crippen LogP contribution in [0.5, 0.6) is 0 Å². The molecule has 3 rings (SSSR count). The van der Waals surface area contributed by atoms with Crippen molar-refractivity contribution in [3.63, 3.8) is 0 Å². The Morgan fingerprint density at radius 2 is 2.25 bits per heavy atom. The van der Waals surface area contributed by atoms with Gasteiger partial charge in [0.05, 0.1) is 21.4 Å². The van der Waals surface area contributed by atoms with Crippen molar-refractivity contribution in [3.8, 4) is 0 Å². The molecule has 0 fully saturated rings. The third-order valence-electron chi connectivity index (χ3n) is 3.06. The highest BCUT2D eigenvalue weighted by Crippen LogP contribution is 2.29. The van der Waals surface area contributed by atoms with Gasteiger partial charge >= 0.3 is 0 Å². The second kappa shape index (κ2) is 5.42. The van der Waals surface area contributed by atoms with Crippen LogP contribution in [0.3, 0.4) is 0 Å². The summed E-state index contributed by atoms with van der Waals surface area (Å²) in [4.78, 5) is 8.57. The standard InChI is InChI=1S/C13H12Cl2N4O/c1-8(14)13-18-10-4-2-3-9(15)12(10)19(13)6-5-11-16-7-17-20-11/h2-4,7-8H,5-6H2,1H3. The van der Waals surface area contributed by atoms with Gasteiger partial charge in [-0.3, -0.25) is 0 Å². The molecule has 5 nitrogen and oxygen atoms in total. The van der Waals surface area contributed by atoms with Crippen molar-refractivity contribution < 1.29 is 4.52 Å². The Hall–Kier alpha value is -1.59. The maximum atomic E-state index is 6.29. The van der Waals surface area contributed by atoms with Crippen LogP contribution in [0, 0.1) is 0 Å². The fraction of sp³-hybridized carbons (Fsp3) is 0.308. The number of aryl methyl sites for hydroxylation is 2. The minimum atomic E-state index is -0.207. The summed E-state index contributed by atoms with van der Waals surface area (Å²) in [5.74, 6) is 1.36. The van der Waals surface area contributed by atoms with E-state index in [0.29, 0.717) is 23.9 Å². The molecule has 20 heavy (non-hydrogen) atoms. The number of para-hydroxylation sites is 1. The van der Waals surface area contributed by atoms with E-state index in [1.807, 2.05) is 29.7 Å². The van der Waals surface area contributed by atoms with Gasteiger partial charge in [0.1, 0.15) is 5.82 Å². The fourth-order valence-corrected chi connectivity index (χ4v) is 2.64. The van der Waals surface area contributed by atoms with Gasteiger partial charge in [0, 0.05) is 13.0 Å². The summed E-state index contributed by atoms with van der Waals surface area (Å²) in [6.45, 7) is 2.52. The number of alkyl halides is 1. The van der Waals surface area contributed by atoms with Crippen LogP contribution in [0.15, 0.2) is 29.0 Å². The smallest absolute Gasteiger partial charge is 0.228 e. The van der Waals surface area contributed by atoms with Gasteiger partial charge in [0.25, 0.3) is 0 Å². The van der Waals surface area contributed by atoms with Crippen molar-refractivity contribution in [3.05, 3.63) is 41.3 Å². The van der Waals surface area contributed by atoms with Crippen molar-refractivity contribution in [1.29, 1.82) is 0 Å². The monoisotopic (exact) mass is 310 g/mol. The summed E-state index contributed by atoms with van der Waals surface area (Å²) in [5.41, 5.74) is 1.72. The van der Waals surface area contributed by atoms with Gasteiger partial charge in [-0.25, -0.2) is 4.98 Å². The maximum Gasteiger partial charge on any atom is 0.228 e. The third-order valence-corrected chi connectivity index (χ3v) is 3.56. The molecule has 0 aliphatic rings. The molecule has 0 N–H and O–H groups in total. The molecule has 1 atom stereocenters. The second-order valence-corrected chi connectivity index (χ2v) is 5.49. The van der Waals surface area contributed by atoms with E-state index >= 15 is 0 Å². The normalized spacial score (nSPS) is 12.9. The number of nitrogens with zero attached hydrogens (tertiary/aromatic N) is 4. The number of hydrogen-bond donors (Lipinski definition) is 0. The minimum absolute atomic E-state index is 0.207. The number of imidazole rings is 1. The van der Waals surface area contributed by atoms with Crippen LogP contribution in [-0.4, -0.2) is 19.7 Å².